The van der Waals surface area contributed by atoms with Crippen LogP contribution in [0.4, 0.5) is 5.69 Å². The molecule has 1 fully saturated rings. The van der Waals surface area contributed by atoms with Crippen LogP contribution in [-0.4, -0.2) is 4.98 Å². The Bertz CT molecular complexity index is 1370. The summed E-state index contributed by atoms with van der Waals surface area (Å²) in [5, 5.41) is 4.51. The number of aryl methyl sites for hydroxylation is 1. The van der Waals surface area contributed by atoms with Gasteiger partial charge in [0.15, 0.2) is 5.43 Å². The molecule has 0 bridgehead atoms. The van der Waals surface area contributed by atoms with E-state index in [0.717, 1.165) is 22.4 Å². The number of nitrogens with zero attached hydrogens (tertiary/aromatic N) is 1. The summed E-state index contributed by atoms with van der Waals surface area (Å²) in [5.74, 6) is 1.31. The summed E-state index contributed by atoms with van der Waals surface area (Å²) < 4.78 is 6.49. The van der Waals surface area contributed by atoms with Crippen LogP contribution in [0.3, 0.4) is 0 Å². The number of hydrogen-bond acceptors (Lipinski definition) is 4. The lowest BCUT2D eigenvalue weighted by atomic mass is 9.80. The van der Waals surface area contributed by atoms with Crippen molar-refractivity contribution in [1.29, 1.82) is 0 Å². The highest BCUT2D eigenvalue weighted by atomic mass is 35.5. The first kappa shape index (κ1) is 21.7. The third kappa shape index (κ3) is 4.16. The molecule has 2 aromatic carbocycles. The summed E-state index contributed by atoms with van der Waals surface area (Å²) in [6.07, 6.45) is 5.54. The molecule has 1 aliphatic carbocycles. The number of aromatic nitrogens is 1. The fourth-order valence-corrected chi connectivity index (χ4v) is 4.71. The molecular weight excluding hydrogens is 432 g/mol. The molecule has 0 aliphatic heterocycles. The molecule has 1 aliphatic rings. The van der Waals surface area contributed by atoms with E-state index in [4.69, 9.17) is 16.0 Å². The first-order valence-corrected chi connectivity index (χ1v) is 11.8. The largest absolute Gasteiger partial charge is 0.455 e. The first-order chi connectivity index (χ1) is 15.9. The SMILES string of the molecule is Cc1cc(C(C)Nc2ccc(Cl)nc2)c2oc(-c3ccc(C4CCC4)cc3)c(C)c(=O)c2c1. The van der Waals surface area contributed by atoms with Crippen LogP contribution in [0.1, 0.15) is 60.4 Å². The van der Waals surface area contributed by atoms with Crippen molar-refractivity contribution >= 4 is 28.3 Å². The molecule has 33 heavy (non-hydrogen) atoms. The third-order valence-corrected chi connectivity index (χ3v) is 6.94. The molecule has 1 atom stereocenters. The van der Waals surface area contributed by atoms with Crippen molar-refractivity contribution in [3.8, 4) is 11.3 Å². The second kappa shape index (κ2) is 8.68. The van der Waals surface area contributed by atoms with Crippen LogP contribution in [0.15, 0.2) is 63.9 Å². The lowest BCUT2D eigenvalue weighted by Gasteiger charge is -2.25. The van der Waals surface area contributed by atoms with Crippen LogP contribution in [0.2, 0.25) is 5.15 Å². The number of fused-ring (bicyclic) bond motifs is 1. The van der Waals surface area contributed by atoms with Gasteiger partial charge in [0, 0.05) is 16.7 Å². The van der Waals surface area contributed by atoms with Crippen molar-refractivity contribution < 1.29 is 4.42 Å². The van der Waals surface area contributed by atoms with Crippen LogP contribution in [0, 0.1) is 13.8 Å². The summed E-state index contributed by atoms with van der Waals surface area (Å²) in [4.78, 5) is 17.5. The van der Waals surface area contributed by atoms with Crippen molar-refractivity contribution in [2.75, 3.05) is 5.32 Å². The van der Waals surface area contributed by atoms with Crippen molar-refractivity contribution in [2.24, 2.45) is 0 Å². The van der Waals surface area contributed by atoms with Gasteiger partial charge in [-0.2, -0.15) is 0 Å². The molecule has 5 rings (SSSR count). The van der Waals surface area contributed by atoms with Gasteiger partial charge >= 0.3 is 0 Å². The standard InChI is InChI=1S/C28H27ClN2O2/c1-16-13-23(18(3)31-22-11-12-25(29)30-15-22)28-24(14-16)26(32)17(2)27(33-28)21-9-7-20(8-10-21)19-5-4-6-19/h7-15,18-19,31H,4-6H2,1-3H3. The number of halogens is 1. The molecule has 2 aromatic heterocycles. The second-order valence-electron chi connectivity index (χ2n) is 9.10. The zero-order chi connectivity index (χ0) is 23.1. The number of pyridine rings is 1. The molecule has 0 radical (unpaired) electrons. The van der Waals surface area contributed by atoms with E-state index in [1.54, 1.807) is 12.3 Å². The maximum absolute atomic E-state index is 13.4. The van der Waals surface area contributed by atoms with E-state index in [1.165, 1.54) is 24.8 Å². The normalized spacial score (nSPS) is 14.8. The minimum Gasteiger partial charge on any atom is -0.455 e. The molecule has 1 unspecified atom stereocenters. The van der Waals surface area contributed by atoms with E-state index in [0.29, 0.717) is 33.4 Å². The average Bonchev–Trinajstić information content (AvgIpc) is 2.77. The van der Waals surface area contributed by atoms with Crippen LogP contribution in [0.25, 0.3) is 22.3 Å². The van der Waals surface area contributed by atoms with E-state index in [-0.39, 0.29) is 11.5 Å². The van der Waals surface area contributed by atoms with Gasteiger partial charge in [-0.1, -0.05) is 48.4 Å². The maximum Gasteiger partial charge on any atom is 0.196 e. The lowest BCUT2D eigenvalue weighted by Crippen LogP contribution is -2.12. The highest BCUT2D eigenvalue weighted by Crippen LogP contribution is 2.38. The van der Waals surface area contributed by atoms with Crippen LogP contribution in [0.5, 0.6) is 0 Å². The summed E-state index contributed by atoms with van der Waals surface area (Å²) in [6.45, 7) is 5.90. The number of benzene rings is 2. The van der Waals surface area contributed by atoms with Gasteiger partial charge in [0.05, 0.1) is 23.3 Å². The number of rotatable bonds is 5. The molecular formula is C28H27ClN2O2. The van der Waals surface area contributed by atoms with Crippen LogP contribution in [-0.2, 0) is 0 Å². The Labute approximate surface area is 198 Å². The van der Waals surface area contributed by atoms with Gasteiger partial charge in [0.25, 0.3) is 0 Å². The number of anilines is 1. The highest BCUT2D eigenvalue weighted by Gasteiger charge is 2.21. The van der Waals surface area contributed by atoms with E-state index >= 15 is 0 Å². The van der Waals surface area contributed by atoms with Gasteiger partial charge in [-0.25, -0.2) is 4.98 Å². The fourth-order valence-electron chi connectivity index (χ4n) is 4.60. The fraction of sp³-hybridized carbons (Fsp3) is 0.286. The van der Waals surface area contributed by atoms with E-state index in [2.05, 4.69) is 47.6 Å². The lowest BCUT2D eigenvalue weighted by molar-refractivity contribution is 0.420. The molecule has 2 heterocycles. The van der Waals surface area contributed by atoms with Crippen molar-refractivity contribution in [3.05, 3.63) is 92.4 Å². The number of nitrogens with one attached hydrogen (secondary N) is 1. The summed E-state index contributed by atoms with van der Waals surface area (Å²) >= 11 is 5.92. The zero-order valence-corrected chi connectivity index (χ0v) is 19.9. The molecule has 4 nitrogen and oxygen atoms in total. The third-order valence-electron chi connectivity index (χ3n) is 6.72. The zero-order valence-electron chi connectivity index (χ0n) is 19.1. The predicted molar refractivity (Wildman–Crippen MR) is 135 cm³/mol. The van der Waals surface area contributed by atoms with Gasteiger partial charge in [0.1, 0.15) is 16.5 Å². The van der Waals surface area contributed by atoms with Gasteiger partial charge in [-0.05, 0) is 68.9 Å². The topological polar surface area (TPSA) is 55.1 Å². The highest BCUT2D eigenvalue weighted by molar-refractivity contribution is 6.29. The van der Waals surface area contributed by atoms with Gasteiger partial charge < -0.3 is 9.73 Å². The Kier molecular flexibility index (Phi) is 5.71. The summed E-state index contributed by atoms with van der Waals surface area (Å²) in [5.41, 5.74) is 6.38. The van der Waals surface area contributed by atoms with Gasteiger partial charge in [-0.3, -0.25) is 4.79 Å². The van der Waals surface area contributed by atoms with E-state index < -0.39 is 0 Å². The predicted octanol–water partition coefficient (Wildman–Crippen LogP) is 7.57. The summed E-state index contributed by atoms with van der Waals surface area (Å²) in [7, 11) is 0. The van der Waals surface area contributed by atoms with Crippen LogP contribution >= 0.6 is 11.6 Å². The van der Waals surface area contributed by atoms with E-state index in [1.807, 2.05) is 26.0 Å². The Hall–Kier alpha value is -3.11. The summed E-state index contributed by atoms with van der Waals surface area (Å²) in [6, 6.07) is 16.0. The second-order valence-corrected chi connectivity index (χ2v) is 9.49. The average molecular weight is 459 g/mol. The minimum atomic E-state index is -0.102. The van der Waals surface area contributed by atoms with Crippen molar-refractivity contribution in [2.45, 2.75) is 52.0 Å². The molecule has 168 valence electrons. The number of hydrogen-bond donors (Lipinski definition) is 1. The quantitative estimate of drug-likeness (QED) is 0.313. The molecule has 1 saturated carbocycles. The van der Waals surface area contributed by atoms with Gasteiger partial charge in [-0.15, -0.1) is 0 Å². The maximum atomic E-state index is 13.4. The first-order valence-electron chi connectivity index (χ1n) is 11.5. The Balaban J connectivity index is 1.59. The Morgan fingerprint density at radius 1 is 1.09 bits per heavy atom. The Morgan fingerprint density at radius 3 is 2.48 bits per heavy atom. The van der Waals surface area contributed by atoms with Crippen molar-refractivity contribution in [3.63, 3.8) is 0 Å². The molecule has 0 spiro atoms. The smallest absolute Gasteiger partial charge is 0.196 e. The molecule has 1 N–H and O–H groups in total. The van der Waals surface area contributed by atoms with Gasteiger partial charge in [0.2, 0.25) is 0 Å². The monoisotopic (exact) mass is 458 g/mol. The molecule has 0 amide bonds. The molecule has 4 aromatic rings. The van der Waals surface area contributed by atoms with Crippen molar-refractivity contribution in [1.82, 2.24) is 4.98 Å². The van der Waals surface area contributed by atoms with E-state index in [9.17, 15) is 4.79 Å². The Morgan fingerprint density at radius 2 is 1.85 bits per heavy atom. The molecule has 5 heteroatoms. The van der Waals surface area contributed by atoms with Crippen LogP contribution < -0.4 is 10.7 Å². The minimum absolute atomic E-state index is 0.0135. The molecule has 0 saturated heterocycles.